The Kier molecular flexibility index (Phi) is 4.20. The van der Waals surface area contributed by atoms with Gasteiger partial charge in [0.05, 0.1) is 18.6 Å². The SMILES string of the molecule is O=C(CC(O)c1ccccc1)NC1CCc2cc(F)ccc21. The number of carbonyl (C=O) groups is 1. The van der Waals surface area contributed by atoms with Crippen LogP contribution < -0.4 is 5.32 Å². The van der Waals surface area contributed by atoms with Crippen molar-refractivity contribution < 1.29 is 14.3 Å². The van der Waals surface area contributed by atoms with Crippen LogP contribution in [0.2, 0.25) is 0 Å². The zero-order chi connectivity index (χ0) is 15.5. The monoisotopic (exact) mass is 299 g/mol. The van der Waals surface area contributed by atoms with Crippen LogP contribution in [0.5, 0.6) is 0 Å². The fourth-order valence-electron chi connectivity index (χ4n) is 2.96. The fourth-order valence-corrected chi connectivity index (χ4v) is 2.96. The molecule has 22 heavy (non-hydrogen) atoms. The Morgan fingerprint density at radius 3 is 2.82 bits per heavy atom. The van der Waals surface area contributed by atoms with Crippen molar-refractivity contribution in [1.82, 2.24) is 5.32 Å². The first-order valence-electron chi connectivity index (χ1n) is 7.44. The summed E-state index contributed by atoms with van der Waals surface area (Å²) in [6.45, 7) is 0. The topological polar surface area (TPSA) is 49.3 Å². The number of aliphatic hydroxyl groups excluding tert-OH is 1. The van der Waals surface area contributed by atoms with E-state index in [0.29, 0.717) is 0 Å². The first-order chi connectivity index (χ1) is 10.6. The zero-order valence-electron chi connectivity index (χ0n) is 12.1. The van der Waals surface area contributed by atoms with E-state index >= 15 is 0 Å². The Labute approximate surface area is 128 Å². The van der Waals surface area contributed by atoms with Gasteiger partial charge in [-0.25, -0.2) is 4.39 Å². The molecule has 0 aromatic heterocycles. The lowest BCUT2D eigenvalue weighted by Gasteiger charge is -2.16. The van der Waals surface area contributed by atoms with E-state index in [4.69, 9.17) is 0 Å². The van der Waals surface area contributed by atoms with Crippen molar-refractivity contribution in [2.75, 3.05) is 0 Å². The molecule has 114 valence electrons. The second kappa shape index (κ2) is 6.28. The predicted molar refractivity (Wildman–Crippen MR) is 81.6 cm³/mol. The molecule has 2 aromatic rings. The van der Waals surface area contributed by atoms with Gasteiger partial charge in [0.1, 0.15) is 5.82 Å². The number of hydrogen-bond acceptors (Lipinski definition) is 2. The van der Waals surface area contributed by atoms with Crippen molar-refractivity contribution in [1.29, 1.82) is 0 Å². The smallest absolute Gasteiger partial charge is 0.223 e. The molecule has 2 atom stereocenters. The fraction of sp³-hybridized carbons (Fsp3) is 0.278. The summed E-state index contributed by atoms with van der Waals surface area (Å²) in [6, 6.07) is 13.7. The summed E-state index contributed by atoms with van der Waals surface area (Å²) in [5, 5.41) is 13.0. The molecule has 0 heterocycles. The number of rotatable bonds is 4. The Morgan fingerprint density at radius 1 is 1.27 bits per heavy atom. The second-order valence-electron chi connectivity index (χ2n) is 5.63. The van der Waals surface area contributed by atoms with Gasteiger partial charge in [-0.2, -0.15) is 0 Å². The molecule has 0 bridgehead atoms. The number of carbonyl (C=O) groups excluding carboxylic acids is 1. The maximum atomic E-state index is 13.2. The third kappa shape index (κ3) is 3.17. The molecule has 0 radical (unpaired) electrons. The Hall–Kier alpha value is -2.20. The molecule has 1 aliphatic rings. The van der Waals surface area contributed by atoms with Crippen molar-refractivity contribution in [2.24, 2.45) is 0 Å². The third-order valence-electron chi connectivity index (χ3n) is 4.08. The van der Waals surface area contributed by atoms with Crippen molar-refractivity contribution in [3.8, 4) is 0 Å². The van der Waals surface area contributed by atoms with Gasteiger partial charge in [0.2, 0.25) is 5.91 Å². The predicted octanol–water partition coefficient (Wildman–Crippen LogP) is 3.05. The van der Waals surface area contributed by atoms with Crippen LogP contribution in [0.1, 0.15) is 41.7 Å². The molecule has 0 saturated heterocycles. The molecular formula is C18H18FNO2. The third-order valence-corrected chi connectivity index (χ3v) is 4.08. The molecule has 0 aliphatic heterocycles. The van der Waals surface area contributed by atoms with E-state index in [-0.39, 0.29) is 24.2 Å². The lowest BCUT2D eigenvalue weighted by atomic mass is 10.1. The highest BCUT2D eigenvalue weighted by atomic mass is 19.1. The molecule has 3 rings (SSSR count). The first kappa shape index (κ1) is 14.7. The highest BCUT2D eigenvalue weighted by Crippen LogP contribution is 2.31. The number of fused-ring (bicyclic) bond motifs is 1. The van der Waals surface area contributed by atoms with Gasteiger partial charge in [-0.3, -0.25) is 4.79 Å². The minimum atomic E-state index is -0.810. The maximum Gasteiger partial charge on any atom is 0.223 e. The molecule has 3 nitrogen and oxygen atoms in total. The van der Waals surface area contributed by atoms with Gasteiger partial charge in [-0.15, -0.1) is 0 Å². The molecule has 4 heteroatoms. The van der Waals surface area contributed by atoms with Crippen LogP contribution in [0, 0.1) is 5.82 Å². The van der Waals surface area contributed by atoms with Crippen LogP contribution in [-0.4, -0.2) is 11.0 Å². The van der Waals surface area contributed by atoms with Gasteiger partial charge >= 0.3 is 0 Å². The Balaban J connectivity index is 1.62. The average molecular weight is 299 g/mol. The van der Waals surface area contributed by atoms with Gasteiger partial charge in [0.25, 0.3) is 0 Å². The maximum absolute atomic E-state index is 13.2. The minimum absolute atomic E-state index is 0.0248. The zero-order valence-corrected chi connectivity index (χ0v) is 12.1. The van der Waals surface area contributed by atoms with E-state index in [1.54, 1.807) is 18.2 Å². The normalized spacial score (nSPS) is 17.8. The van der Waals surface area contributed by atoms with Crippen LogP contribution in [0.15, 0.2) is 48.5 Å². The molecule has 2 aromatic carbocycles. The van der Waals surface area contributed by atoms with Crippen LogP contribution in [0.3, 0.4) is 0 Å². The van der Waals surface area contributed by atoms with E-state index in [1.165, 1.54) is 12.1 Å². The van der Waals surface area contributed by atoms with E-state index in [9.17, 15) is 14.3 Å². The summed E-state index contributed by atoms with van der Waals surface area (Å²) >= 11 is 0. The standard InChI is InChI=1S/C18H18FNO2/c19-14-7-8-15-13(10-14)6-9-16(15)20-18(22)11-17(21)12-4-2-1-3-5-12/h1-5,7-8,10,16-17,21H,6,9,11H2,(H,20,22). The van der Waals surface area contributed by atoms with Crippen LogP contribution >= 0.6 is 0 Å². The van der Waals surface area contributed by atoms with Gasteiger partial charge in [-0.05, 0) is 41.7 Å². The number of halogens is 1. The molecule has 0 fully saturated rings. The summed E-state index contributed by atoms with van der Waals surface area (Å²) < 4.78 is 13.2. The molecule has 1 aliphatic carbocycles. The molecular weight excluding hydrogens is 281 g/mol. The number of nitrogens with one attached hydrogen (secondary N) is 1. The van der Waals surface area contributed by atoms with Crippen molar-refractivity contribution in [2.45, 2.75) is 31.4 Å². The minimum Gasteiger partial charge on any atom is -0.388 e. The number of aryl methyl sites for hydroxylation is 1. The summed E-state index contributed by atoms with van der Waals surface area (Å²) in [5.74, 6) is -0.441. The lowest BCUT2D eigenvalue weighted by molar-refractivity contribution is -0.123. The lowest BCUT2D eigenvalue weighted by Crippen LogP contribution is -2.28. The van der Waals surface area contributed by atoms with Crippen molar-refractivity contribution in [3.63, 3.8) is 0 Å². The summed E-state index contributed by atoms with van der Waals surface area (Å²) in [5.41, 5.74) is 2.66. The number of benzene rings is 2. The van der Waals surface area contributed by atoms with Gasteiger partial charge in [0, 0.05) is 0 Å². The van der Waals surface area contributed by atoms with Crippen LogP contribution in [-0.2, 0) is 11.2 Å². The van der Waals surface area contributed by atoms with E-state index in [2.05, 4.69) is 5.32 Å². The van der Waals surface area contributed by atoms with E-state index in [1.807, 2.05) is 18.2 Å². The summed E-state index contributed by atoms with van der Waals surface area (Å²) in [7, 11) is 0. The Morgan fingerprint density at radius 2 is 2.05 bits per heavy atom. The van der Waals surface area contributed by atoms with Crippen molar-refractivity contribution in [3.05, 3.63) is 71.0 Å². The van der Waals surface area contributed by atoms with E-state index in [0.717, 1.165) is 29.5 Å². The number of amides is 1. The molecule has 0 spiro atoms. The Bertz CT molecular complexity index is 672. The average Bonchev–Trinajstić information content (AvgIpc) is 2.90. The molecule has 2 unspecified atom stereocenters. The summed E-state index contributed by atoms with van der Waals surface area (Å²) in [4.78, 5) is 12.1. The quantitative estimate of drug-likeness (QED) is 0.911. The van der Waals surface area contributed by atoms with Crippen LogP contribution in [0.25, 0.3) is 0 Å². The first-order valence-corrected chi connectivity index (χ1v) is 7.44. The summed E-state index contributed by atoms with van der Waals surface area (Å²) in [6.07, 6.45) is 0.748. The highest BCUT2D eigenvalue weighted by molar-refractivity contribution is 5.77. The van der Waals surface area contributed by atoms with Crippen molar-refractivity contribution >= 4 is 5.91 Å². The highest BCUT2D eigenvalue weighted by Gasteiger charge is 2.25. The van der Waals surface area contributed by atoms with Gasteiger partial charge in [0.15, 0.2) is 0 Å². The molecule has 0 saturated carbocycles. The van der Waals surface area contributed by atoms with Gasteiger partial charge in [-0.1, -0.05) is 36.4 Å². The van der Waals surface area contributed by atoms with Gasteiger partial charge < -0.3 is 10.4 Å². The van der Waals surface area contributed by atoms with Crippen LogP contribution in [0.4, 0.5) is 4.39 Å². The van der Waals surface area contributed by atoms with E-state index < -0.39 is 6.10 Å². The number of hydrogen-bond donors (Lipinski definition) is 2. The molecule has 2 N–H and O–H groups in total. The molecule has 1 amide bonds. The second-order valence-corrected chi connectivity index (χ2v) is 5.63. The largest absolute Gasteiger partial charge is 0.388 e. The number of aliphatic hydroxyl groups is 1.